The smallest absolute Gasteiger partial charge is 0.190 e. The standard InChI is InChI=1S/C14H21NO2/c16-7-12-8-17-13(15-12)14-4-9-1-10(5-14)3-11(2-9)6-14/h9-12,16H,1-8H2. The lowest BCUT2D eigenvalue weighted by Crippen LogP contribution is -2.50. The summed E-state index contributed by atoms with van der Waals surface area (Å²) in [6, 6.07) is 0.0120. The van der Waals surface area contributed by atoms with E-state index in [4.69, 9.17) is 4.74 Å². The molecule has 0 aromatic heterocycles. The summed E-state index contributed by atoms with van der Waals surface area (Å²) in [4.78, 5) is 4.64. The van der Waals surface area contributed by atoms with Crippen LogP contribution >= 0.6 is 0 Å². The molecule has 3 nitrogen and oxygen atoms in total. The molecule has 4 bridgehead atoms. The summed E-state index contributed by atoms with van der Waals surface area (Å²) in [6.07, 6.45) is 8.27. The van der Waals surface area contributed by atoms with E-state index in [1.807, 2.05) is 0 Å². The normalized spacial score (nSPS) is 51.5. The van der Waals surface area contributed by atoms with Crippen molar-refractivity contribution in [1.82, 2.24) is 0 Å². The molecule has 17 heavy (non-hydrogen) atoms. The van der Waals surface area contributed by atoms with E-state index in [2.05, 4.69) is 4.99 Å². The summed E-state index contributed by atoms with van der Waals surface area (Å²) in [5, 5.41) is 9.18. The summed E-state index contributed by atoms with van der Waals surface area (Å²) in [6.45, 7) is 0.740. The Morgan fingerprint density at radius 2 is 1.71 bits per heavy atom. The van der Waals surface area contributed by atoms with Gasteiger partial charge in [-0.15, -0.1) is 0 Å². The Kier molecular flexibility index (Phi) is 2.11. The third-order valence-corrected chi connectivity index (χ3v) is 5.41. The van der Waals surface area contributed by atoms with E-state index >= 15 is 0 Å². The molecule has 1 heterocycles. The first kappa shape index (κ1) is 10.4. The Morgan fingerprint density at radius 3 is 2.18 bits per heavy atom. The van der Waals surface area contributed by atoms with E-state index in [0.29, 0.717) is 6.61 Å². The van der Waals surface area contributed by atoms with Gasteiger partial charge >= 0.3 is 0 Å². The van der Waals surface area contributed by atoms with Gasteiger partial charge in [0.25, 0.3) is 0 Å². The Morgan fingerprint density at radius 1 is 1.12 bits per heavy atom. The van der Waals surface area contributed by atoms with E-state index in [9.17, 15) is 5.11 Å². The Bertz CT molecular complexity index is 328. The van der Waals surface area contributed by atoms with Crippen LogP contribution in [0.4, 0.5) is 0 Å². The van der Waals surface area contributed by atoms with Crippen LogP contribution in [-0.4, -0.2) is 30.3 Å². The predicted octanol–water partition coefficient (Wildman–Crippen LogP) is 1.99. The zero-order chi connectivity index (χ0) is 11.5. The second-order valence-corrected chi connectivity index (χ2v) is 6.78. The molecule has 3 heteroatoms. The van der Waals surface area contributed by atoms with Crippen molar-refractivity contribution in [3.05, 3.63) is 0 Å². The van der Waals surface area contributed by atoms with Crippen molar-refractivity contribution in [2.75, 3.05) is 13.2 Å². The average molecular weight is 235 g/mol. The van der Waals surface area contributed by atoms with Crippen molar-refractivity contribution in [2.24, 2.45) is 28.2 Å². The van der Waals surface area contributed by atoms with Gasteiger partial charge in [0.2, 0.25) is 0 Å². The molecule has 5 rings (SSSR count). The van der Waals surface area contributed by atoms with Crippen molar-refractivity contribution in [3.8, 4) is 0 Å². The lowest BCUT2D eigenvalue weighted by Gasteiger charge is -2.56. The number of hydrogen-bond acceptors (Lipinski definition) is 3. The van der Waals surface area contributed by atoms with E-state index in [-0.39, 0.29) is 18.1 Å². The summed E-state index contributed by atoms with van der Waals surface area (Å²) >= 11 is 0. The van der Waals surface area contributed by atoms with Crippen molar-refractivity contribution in [1.29, 1.82) is 0 Å². The highest BCUT2D eigenvalue weighted by atomic mass is 16.5. The summed E-state index contributed by atoms with van der Waals surface area (Å²) in [5.74, 6) is 3.80. The van der Waals surface area contributed by atoms with Gasteiger partial charge in [-0.1, -0.05) is 0 Å². The van der Waals surface area contributed by atoms with E-state index in [0.717, 1.165) is 23.7 Å². The van der Waals surface area contributed by atoms with Crippen molar-refractivity contribution >= 4 is 5.90 Å². The molecule has 1 unspecified atom stereocenters. The minimum atomic E-state index is 0.0120. The fourth-order valence-electron chi connectivity index (χ4n) is 5.17. The van der Waals surface area contributed by atoms with Gasteiger partial charge in [-0.3, -0.25) is 0 Å². The zero-order valence-corrected chi connectivity index (χ0v) is 10.3. The topological polar surface area (TPSA) is 41.8 Å². The maximum atomic E-state index is 9.18. The molecule has 4 fully saturated rings. The number of hydrogen-bond donors (Lipinski definition) is 1. The van der Waals surface area contributed by atoms with Gasteiger partial charge in [-0.25, -0.2) is 4.99 Å². The third-order valence-electron chi connectivity index (χ3n) is 5.41. The Balaban J connectivity index is 1.64. The lowest BCUT2D eigenvalue weighted by molar-refractivity contribution is -0.0227. The first-order valence-electron chi connectivity index (χ1n) is 7.09. The van der Waals surface area contributed by atoms with E-state index < -0.39 is 0 Å². The first-order valence-corrected chi connectivity index (χ1v) is 7.09. The highest BCUT2D eigenvalue weighted by Gasteiger charge is 2.55. The number of ether oxygens (including phenoxy) is 1. The van der Waals surface area contributed by atoms with Crippen LogP contribution in [0.1, 0.15) is 38.5 Å². The Hall–Kier alpha value is -0.570. The maximum Gasteiger partial charge on any atom is 0.190 e. The first-order chi connectivity index (χ1) is 8.27. The second kappa shape index (κ2) is 3.47. The minimum absolute atomic E-state index is 0.0120. The quantitative estimate of drug-likeness (QED) is 0.795. The minimum Gasteiger partial charge on any atom is -0.478 e. The number of aliphatic hydroxyl groups excluding tert-OH is 1. The molecule has 5 aliphatic rings. The summed E-state index contributed by atoms with van der Waals surface area (Å²) in [5.41, 5.74) is 0.276. The second-order valence-electron chi connectivity index (χ2n) is 6.78. The molecule has 1 aliphatic heterocycles. The average Bonchev–Trinajstić information content (AvgIpc) is 2.76. The van der Waals surface area contributed by atoms with E-state index in [1.165, 1.54) is 38.5 Å². The maximum absolute atomic E-state index is 9.18. The molecular weight excluding hydrogens is 214 g/mol. The molecule has 1 N–H and O–H groups in total. The van der Waals surface area contributed by atoms with Crippen molar-refractivity contribution < 1.29 is 9.84 Å². The largest absolute Gasteiger partial charge is 0.478 e. The SMILES string of the molecule is OCC1COC(C23CC4CC(CC(C4)C2)C3)=N1. The van der Waals surface area contributed by atoms with Crippen LogP contribution in [0, 0.1) is 23.2 Å². The molecule has 0 spiro atoms. The van der Waals surface area contributed by atoms with Gasteiger partial charge in [0.1, 0.15) is 12.6 Å². The Labute approximate surface area is 102 Å². The van der Waals surface area contributed by atoms with Gasteiger partial charge in [0, 0.05) is 5.41 Å². The van der Waals surface area contributed by atoms with Crippen LogP contribution in [0.3, 0.4) is 0 Å². The molecule has 0 radical (unpaired) electrons. The molecule has 0 saturated heterocycles. The van der Waals surface area contributed by atoms with Gasteiger partial charge in [0.15, 0.2) is 5.90 Å². The van der Waals surface area contributed by atoms with Crippen LogP contribution in [0.2, 0.25) is 0 Å². The molecule has 1 atom stereocenters. The van der Waals surface area contributed by atoms with Crippen molar-refractivity contribution in [3.63, 3.8) is 0 Å². The zero-order valence-electron chi connectivity index (χ0n) is 10.3. The number of aliphatic hydroxyl groups is 1. The molecule has 0 aromatic carbocycles. The van der Waals surface area contributed by atoms with Crippen molar-refractivity contribution in [2.45, 2.75) is 44.6 Å². The molecule has 0 aromatic rings. The van der Waals surface area contributed by atoms with Crippen LogP contribution in [0.25, 0.3) is 0 Å². The predicted molar refractivity (Wildman–Crippen MR) is 64.9 cm³/mol. The molecular formula is C14H21NO2. The highest BCUT2D eigenvalue weighted by Crippen LogP contribution is 2.60. The van der Waals surface area contributed by atoms with Gasteiger partial charge in [-0.2, -0.15) is 0 Å². The van der Waals surface area contributed by atoms with Crippen LogP contribution < -0.4 is 0 Å². The lowest BCUT2D eigenvalue weighted by atomic mass is 9.49. The third kappa shape index (κ3) is 1.48. The van der Waals surface area contributed by atoms with Gasteiger partial charge < -0.3 is 9.84 Å². The molecule has 4 aliphatic carbocycles. The molecule has 0 amide bonds. The fraction of sp³-hybridized carbons (Fsp3) is 0.929. The number of aliphatic imine (C=N–C) groups is 1. The van der Waals surface area contributed by atoms with Gasteiger partial charge in [0.05, 0.1) is 6.61 Å². The van der Waals surface area contributed by atoms with Crippen LogP contribution in [0.15, 0.2) is 4.99 Å². The van der Waals surface area contributed by atoms with Crippen LogP contribution in [-0.2, 0) is 4.74 Å². The summed E-state index contributed by atoms with van der Waals surface area (Å²) in [7, 11) is 0. The molecule has 4 saturated carbocycles. The van der Waals surface area contributed by atoms with E-state index in [1.54, 1.807) is 0 Å². The van der Waals surface area contributed by atoms with Gasteiger partial charge in [-0.05, 0) is 56.3 Å². The fourth-order valence-corrected chi connectivity index (χ4v) is 5.17. The highest BCUT2D eigenvalue weighted by molar-refractivity contribution is 5.84. The number of rotatable bonds is 2. The summed E-state index contributed by atoms with van der Waals surface area (Å²) < 4.78 is 5.83. The molecule has 94 valence electrons. The monoisotopic (exact) mass is 235 g/mol. The van der Waals surface area contributed by atoms with Crippen LogP contribution in [0.5, 0.6) is 0 Å². The number of nitrogens with zero attached hydrogens (tertiary/aromatic N) is 1.